The summed E-state index contributed by atoms with van der Waals surface area (Å²) in [6, 6.07) is 0. The number of hydrogen-bond donors (Lipinski definition) is 3. The Hall–Kier alpha value is -2.20. The minimum Gasteiger partial charge on any atom is -0.481 e. The van der Waals surface area contributed by atoms with Crippen molar-refractivity contribution in [2.24, 2.45) is 0 Å². The number of nitrogens with one attached hydrogen (secondary N) is 1. The van der Waals surface area contributed by atoms with Crippen LogP contribution in [-0.2, 0) is 28.8 Å². The number of unbranched alkanes of at least 4 members (excludes halogenated alkanes) is 3. The molecule has 0 heterocycles. The first kappa shape index (κ1) is 21.8. The Morgan fingerprint density at radius 2 is 1.62 bits per heavy atom. The third kappa shape index (κ3) is 12.4. The molecule has 0 aromatic heterocycles. The summed E-state index contributed by atoms with van der Waals surface area (Å²) in [4.78, 5) is 48.2. The summed E-state index contributed by atoms with van der Waals surface area (Å²) in [6.45, 7) is -0.0516. The van der Waals surface area contributed by atoms with E-state index < -0.39 is 30.9 Å². The molecular weight excluding hydrogens is 324 g/mol. The van der Waals surface area contributed by atoms with E-state index in [1.165, 1.54) is 7.11 Å². The quantitative estimate of drug-likeness (QED) is 0.219. The fraction of sp³-hybridized carbons (Fsp3) is 0.714. The highest BCUT2D eigenvalue weighted by Crippen LogP contribution is 2.03. The third-order valence-corrected chi connectivity index (χ3v) is 2.87. The van der Waals surface area contributed by atoms with Crippen LogP contribution >= 0.6 is 0 Å². The fourth-order valence-corrected chi connectivity index (χ4v) is 1.78. The lowest BCUT2D eigenvalue weighted by molar-refractivity contribution is -0.178. The fourth-order valence-electron chi connectivity index (χ4n) is 1.78. The molecule has 24 heavy (non-hydrogen) atoms. The van der Waals surface area contributed by atoms with Gasteiger partial charge < -0.3 is 20.3 Å². The molecule has 0 saturated heterocycles. The standard InChI is InChI=1S/C14H24N2O8/c1-23-16(12(18)8-13(19)20)7-5-3-2-4-6-15-11(17)9-24-10-14(21)22/h2-10H2,1H3,(H,15,17)(H,19,20)(H,21,22). The molecule has 0 bridgehead atoms. The van der Waals surface area contributed by atoms with Gasteiger partial charge in [0.05, 0.1) is 7.11 Å². The van der Waals surface area contributed by atoms with Gasteiger partial charge >= 0.3 is 11.9 Å². The van der Waals surface area contributed by atoms with Crippen molar-refractivity contribution in [2.45, 2.75) is 32.1 Å². The molecule has 0 spiro atoms. The lowest BCUT2D eigenvalue weighted by Crippen LogP contribution is -2.32. The maximum absolute atomic E-state index is 11.5. The zero-order valence-electron chi connectivity index (χ0n) is 13.7. The molecular formula is C14H24N2O8. The van der Waals surface area contributed by atoms with Crippen molar-refractivity contribution in [3.63, 3.8) is 0 Å². The first-order chi connectivity index (χ1) is 11.4. The van der Waals surface area contributed by atoms with Crippen molar-refractivity contribution in [3.05, 3.63) is 0 Å². The molecule has 0 radical (unpaired) electrons. The molecule has 0 atom stereocenters. The Bertz CT molecular complexity index is 427. The van der Waals surface area contributed by atoms with Crippen molar-refractivity contribution in [2.75, 3.05) is 33.4 Å². The topological polar surface area (TPSA) is 142 Å². The van der Waals surface area contributed by atoms with Gasteiger partial charge in [-0.2, -0.15) is 0 Å². The van der Waals surface area contributed by atoms with Crippen molar-refractivity contribution in [3.8, 4) is 0 Å². The molecule has 0 fully saturated rings. The largest absolute Gasteiger partial charge is 0.481 e. The summed E-state index contributed by atoms with van der Waals surface area (Å²) >= 11 is 0. The van der Waals surface area contributed by atoms with Crippen LogP contribution in [0.4, 0.5) is 0 Å². The van der Waals surface area contributed by atoms with Gasteiger partial charge in [0, 0.05) is 13.1 Å². The summed E-state index contributed by atoms with van der Waals surface area (Å²) in [6.07, 6.45) is 2.35. The maximum atomic E-state index is 11.5. The van der Waals surface area contributed by atoms with Crippen LogP contribution in [0.5, 0.6) is 0 Å². The summed E-state index contributed by atoms with van der Waals surface area (Å²) in [5.74, 6) is -3.31. The number of carboxylic acid groups (broad SMARTS) is 2. The Kier molecular flexibility index (Phi) is 12.0. The van der Waals surface area contributed by atoms with Crippen LogP contribution < -0.4 is 5.32 Å². The smallest absolute Gasteiger partial charge is 0.329 e. The van der Waals surface area contributed by atoms with Gasteiger partial charge in [-0.25, -0.2) is 9.86 Å². The summed E-state index contributed by atoms with van der Waals surface area (Å²) in [5, 5.41) is 20.5. The molecule has 0 aliphatic carbocycles. The van der Waals surface area contributed by atoms with Gasteiger partial charge in [0.15, 0.2) is 0 Å². The zero-order valence-corrected chi connectivity index (χ0v) is 13.7. The highest BCUT2D eigenvalue weighted by atomic mass is 16.7. The lowest BCUT2D eigenvalue weighted by atomic mass is 10.2. The van der Waals surface area contributed by atoms with Crippen molar-refractivity contribution >= 4 is 23.8 Å². The number of carbonyl (C=O) groups is 4. The molecule has 0 aromatic carbocycles. The van der Waals surface area contributed by atoms with Gasteiger partial charge in [-0.05, 0) is 12.8 Å². The van der Waals surface area contributed by atoms with Gasteiger partial charge in [-0.3, -0.25) is 19.2 Å². The molecule has 10 nitrogen and oxygen atoms in total. The zero-order chi connectivity index (χ0) is 18.4. The minimum atomic E-state index is -1.20. The minimum absolute atomic E-state index is 0.291. The molecule has 0 aliphatic heterocycles. The van der Waals surface area contributed by atoms with E-state index in [1.54, 1.807) is 0 Å². The lowest BCUT2D eigenvalue weighted by Gasteiger charge is -2.18. The second kappa shape index (κ2) is 13.3. The van der Waals surface area contributed by atoms with E-state index in [1.807, 2.05) is 0 Å². The van der Waals surface area contributed by atoms with Crippen LogP contribution in [0.2, 0.25) is 0 Å². The van der Waals surface area contributed by atoms with Crippen molar-refractivity contribution in [1.29, 1.82) is 0 Å². The maximum Gasteiger partial charge on any atom is 0.329 e. The van der Waals surface area contributed by atoms with Crippen molar-refractivity contribution < 1.29 is 39.0 Å². The molecule has 0 rings (SSSR count). The SMILES string of the molecule is CON(CCCCCCNC(=O)COCC(=O)O)C(=O)CC(=O)O. The molecule has 10 heteroatoms. The number of rotatable bonds is 14. The molecule has 2 amide bonds. The van der Waals surface area contributed by atoms with E-state index in [4.69, 9.17) is 15.1 Å². The molecule has 0 unspecified atom stereocenters. The number of amides is 2. The Morgan fingerprint density at radius 3 is 2.21 bits per heavy atom. The van der Waals surface area contributed by atoms with Crippen LogP contribution in [0.25, 0.3) is 0 Å². The monoisotopic (exact) mass is 348 g/mol. The highest BCUT2D eigenvalue weighted by molar-refractivity contribution is 5.92. The summed E-state index contributed by atoms with van der Waals surface area (Å²) in [7, 11) is 1.31. The first-order valence-electron chi connectivity index (χ1n) is 7.49. The number of hydrogen-bond acceptors (Lipinski definition) is 6. The van der Waals surface area contributed by atoms with E-state index in [2.05, 4.69) is 10.1 Å². The Balaban J connectivity index is 3.61. The van der Waals surface area contributed by atoms with Crippen molar-refractivity contribution in [1.82, 2.24) is 10.4 Å². The number of carboxylic acids is 2. The second-order valence-electron chi connectivity index (χ2n) is 4.90. The Morgan fingerprint density at radius 1 is 0.958 bits per heavy atom. The number of carbonyl (C=O) groups excluding carboxylic acids is 2. The van der Waals surface area contributed by atoms with Crippen LogP contribution in [0, 0.1) is 0 Å². The molecule has 0 aromatic rings. The molecule has 138 valence electrons. The predicted octanol–water partition coefficient (Wildman–Crippen LogP) is -0.371. The summed E-state index contributed by atoms with van der Waals surface area (Å²) < 4.78 is 4.64. The van der Waals surface area contributed by atoms with E-state index in [0.29, 0.717) is 19.5 Å². The normalized spacial score (nSPS) is 10.2. The number of ether oxygens (including phenoxy) is 1. The first-order valence-corrected chi connectivity index (χ1v) is 7.49. The number of aliphatic carboxylic acids is 2. The number of hydroxylamine groups is 2. The van der Waals surface area contributed by atoms with Crippen LogP contribution in [-0.4, -0.2) is 72.4 Å². The summed E-state index contributed by atoms with van der Waals surface area (Å²) in [5.41, 5.74) is 0. The highest BCUT2D eigenvalue weighted by Gasteiger charge is 2.16. The van der Waals surface area contributed by atoms with Gasteiger partial charge in [-0.15, -0.1) is 0 Å². The van der Waals surface area contributed by atoms with E-state index in [0.717, 1.165) is 24.3 Å². The third-order valence-electron chi connectivity index (χ3n) is 2.87. The second-order valence-corrected chi connectivity index (χ2v) is 4.90. The predicted molar refractivity (Wildman–Crippen MR) is 80.9 cm³/mol. The van der Waals surface area contributed by atoms with Crippen LogP contribution in [0.1, 0.15) is 32.1 Å². The molecule has 0 aliphatic rings. The van der Waals surface area contributed by atoms with Gasteiger partial charge in [0.1, 0.15) is 19.6 Å². The average Bonchev–Trinajstić information content (AvgIpc) is 2.48. The van der Waals surface area contributed by atoms with Gasteiger partial charge in [-0.1, -0.05) is 12.8 Å². The van der Waals surface area contributed by atoms with E-state index >= 15 is 0 Å². The average molecular weight is 348 g/mol. The van der Waals surface area contributed by atoms with E-state index in [-0.39, 0.29) is 12.5 Å². The molecule has 0 saturated carbocycles. The van der Waals surface area contributed by atoms with Gasteiger partial charge in [0.25, 0.3) is 5.91 Å². The van der Waals surface area contributed by atoms with Gasteiger partial charge in [0.2, 0.25) is 5.91 Å². The number of nitrogens with zero attached hydrogens (tertiary/aromatic N) is 1. The van der Waals surface area contributed by atoms with E-state index in [9.17, 15) is 19.2 Å². The van der Waals surface area contributed by atoms with Crippen LogP contribution in [0.3, 0.4) is 0 Å². The van der Waals surface area contributed by atoms with Crippen LogP contribution in [0.15, 0.2) is 0 Å². The molecule has 3 N–H and O–H groups in total. The Labute approximate surface area is 139 Å².